The molecule has 1 unspecified atom stereocenters. The highest BCUT2D eigenvalue weighted by Gasteiger charge is 2.31. The summed E-state index contributed by atoms with van der Waals surface area (Å²) >= 11 is 0. The van der Waals surface area contributed by atoms with Crippen molar-refractivity contribution in [3.63, 3.8) is 0 Å². The summed E-state index contributed by atoms with van der Waals surface area (Å²) in [6.45, 7) is 0.385. The van der Waals surface area contributed by atoms with Crippen molar-refractivity contribution in [2.75, 3.05) is 13.7 Å². The van der Waals surface area contributed by atoms with Crippen molar-refractivity contribution in [1.82, 2.24) is 0 Å². The molecule has 0 heterocycles. The lowest BCUT2D eigenvalue weighted by Gasteiger charge is -2.18. The van der Waals surface area contributed by atoms with Crippen LogP contribution in [0, 0.1) is 0 Å². The Morgan fingerprint density at radius 1 is 1.73 bits per heavy atom. The van der Waals surface area contributed by atoms with Crippen LogP contribution in [-0.4, -0.2) is 30.5 Å². The first kappa shape index (κ1) is 10.3. The average molecular weight is 162 g/mol. The predicted molar refractivity (Wildman–Crippen MR) is 39.4 cm³/mol. The minimum absolute atomic E-state index is 0.121. The minimum atomic E-state index is -1.88. The van der Waals surface area contributed by atoms with Gasteiger partial charge in [-0.2, -0.15) is 0 Å². The summed E-state index contributed by atoms with van der Waals surface area (Å²) in [7, 11) is 1.17. The molecule has 0 aromatic carbocycles. The van der Waals surface area contributed by atoms with E-state index in [1.165, 1.54) is 7.11 Å². The molecule has 0 rings (SSSR count). The third-order valence-electron chi connectivity index (χ3n) is 1.30. The topological polar surface area (TPSA) is 98.6 Å². The minimum Gasteiger partial charge on any atom is -0.466 e. The maximum absolute atomic E-state index is 10.7. The van der Waals surface area contributed by atoms with Crippen LogP contribution in [0.4, 0.5) is 0 Å². The summed E-state index contributed by atoms with van der Waals surface area (Å²) in [5.41, 5.74) is 8.46. The molecule has 0 bridgehead atoms. The normalized spacial score (nSPS) is 15.6. The molecule has 66 valence electrons. The second-order valence-corrected chi connectivity index (χ2v) is 2.31. The monoisotopic (exact) mass is 162 g/mol. The highest BCUT2D eigenvalue weighted by Crippen LogP contribution is 2.06. The van der Waals surface area contributed by atoms with Crippen molar-refractivity contribution in [2.24, 2.45) is 11.5 Å². The molecule has 1 atom stereocenters. The lowest BCUT2D eigenvalue weighted by molar-refractivity contribution is -0.162. The molecular formula is C6H14N2O3. The van der Waals surface area contributed by atoms with Crippen molar-refractivity contribution in [1.29, 1.82) is 0 Å². The Morgan fingerprint density at radius 2 is 2.27 bits per heavy atom. The Kier molecular flexibility index (Phi) is 4.02. The molecule has 0 spiro atoms. The molecule has 0 saturated carbocycles. The number of rotatable bonds is 4. The fraction of sp³-hybridized carbons (Fsp3) is 0.833. The van der Waals surface area contributed by atoms with Crippen LogP contribution in [0.25, 0.3) is 0 Å². The second-order valence-electron chi connectivity index (χ2n) is 2.31. The van der Waals surface area contributed by atoms with Crippen LogP contribution in [0.1, 0.15) is 12.8 Å². The number of nitrogens with two attached hydrogens (primary N) is 2. The standard InChI is InChI=1S/C6H14N2O3/c1-11-5(9)6(8,10)3-2-4-7/h10H,2-4,7-8H2,1H3. The number of hydrogen-bond acceptors (Lipinski definition) is 5. The summed E-state index contributed by atoms with van der Waals surface area (Å²) < 4.78 is 4.26. The number of carbonyl (C=O) groups excluding carboxylic acids is 1. The van der Waals surface area contributed by atoms with Crippen LogP contribution in [0.3, 0.4) is 0 Å². The zero-order valence-electron chi connectivity index (χ0n) is 6.54. The summed E-state index contributed by atoms with van der Waals surface area (Å²) in [5.74, 6) is -0.828. The van der Waals surface area contributed by atoms with E-state index in [1.807, 2.05) is 0 Å². The van der Waals surface area contributed by atoms with E-state index in [0.29, 0.717) is 13.0 Å². The number of hydrogen-bond donors (Lipinski definition) is 3. The van der Waals surface area contributed by atoms with Crippen molar-refractivity contribution in [3.8, 4) is 0 Å². The number of esters is 1. The van der Waals surface area contributed by atoms with E-state index < -0.39 is 11.7 Å². The van der Waals surface area contributed by atoms with E-state index in [9.17, 15) is 4.79 Å². The Hall–Kier alpha value is -0.650. The molecule has 0 fully saturated rings. The summed E-state index contributed by atoms with van der Waals surface area (Å²) in [5, 5.41) is 9.16. The first-order valence-corrected chi connectivity index (χ1v) is 3.34. The number of carbonyl (C=O) groups is 1. The fourth-order valence-corrected chi connectivity index (χ4v) is 0.650. The van der Waals surface area contributed by atoms with Crippen LogP contribution in [0.5, 0.6) is 0 Å². The van der Waals surface area contributed by atoms with Crippen LogP contribution < -0.4 is 11.5 Å². The van der Waals surface area contributed by atoms with Gasteiger partial charge >= 0.3 is 5.97 Å². The van der Waals surface area contributed by atoms with Crippen molar-refractivity contribution in [3.05, 3.63) is 0 Å². The Balaban J connectivity index is 3.88. The van der Waals surface area contributed by atoms with Gasteiger partial charge < -0.3 is 15.6 Å². The quantitative estimate of drug-likeness (QED) is 0.347. The molecule has 0 radical (unpaired) electrons. The van der Waals surface area contributed by atoms with Crippen LogP contribution in [-0.2, 0) is 9.53 Å². The highest BCUT2D eigenvalue weighted by molar-refractivity contribution is 5.78. The summed E-state index contributed by atoms with van der Waals surface area (Å²) in [6.07, 6.45) is 0.609. The third-order valence-corrected chi connectivity index (χ3v) is 1.30. The zero-order chi connectivity index (χ0) is 8.91. The second kappa shape index (κ2) is 4.27. The summed E-state index contributed by atoms with van der Waals surface area (Å²) in [6, 6.07) is 0. The fourth-order valence-electron chi connectivity index (χ4n) is 0.650. The van der Waals surface area contributed by atoms with Gasteiger partial charge in [-0.15, -0.1) is 0 Å². The Bertz CT molecular complexity index is 136. The average Bonchev–Trinajstić information content (AvgIpc) is 1.99. The maximum Gasteiger partial charge on any atom is 0.353 e. The maximum atomic E-state index is 10.7. The predicted octanol–water partition coefficient (Wildman–Crippen LogP) is -1.45. The van der Waals surface area contributed by atoms with Gasteiger partial charge in [0, 0.05) is 6.42 Å². The first-order valence-electron chi connectivity index (χ1n) is 3.34. The molecule has 11 heavy (non-hydrogen) atoms. The van der Waals surface area contributed by atoms with Gasteiger partial charge in [0.1, 0.15) is 0 Å². The molecule has 0 aliphatic rings. The van der Waals surface area contributed by atoms with E-state index >= 15 is 0 Å². The Morgan fingerprint density at radius 3 is 2.64 bits per heavy atom. The van der Waals surface area contributed by atoms with Gasteiger partial charge in [0.05, 0.1) is 7.11 Å². The Labute approximate surface area is 65.3 Å². The van der Waals surface area contributed by atoms with Gasteiger partial charge in [0.25, 0.3) is 0 Å². The van der Waals surface area contributed by atoms with Gasteiger partial charge in [-0.1, -0.05) is 0 Å². The summed E-state index contributed by atoms with van der Waals surface area (Å²) in [4.78, 5) is 10.7. The van der Waals surface area contributed by atoms with Crippen molar-refractivity contribution in [2.45, 2.75) is 18.6 Å². The van der Waals surface area contributed by atoms with E-state index in [-0.39, 0.29) is 6.42 Å². The molecule has 0 amide bonds. The van der Waals surface area contributed by atoms with Gasteiger partial charge in [-0.3, -0.25) is 5.73 Å². The van der Waals surface area contributed by atoms with E-state index in [0.717, 1.165) is 0 Å². The van der Waals surface area contributed by atoms with E-state index in [4.69, 9.17) is 16.6 Å². The molecule has 0 aromatic rings. The van der Waals surface area contributed by atoms with Gasteiger partial charge in [0.2, 0.25) is 5.72 Å². The number of methoxy groups -OCH3 is 1. The number of aliphatic hydroxyl groups is 1. The lowest BCUT2D eigenvalue weighted by atomic mass is 10.1. The molecule has 0 aromatic heterocycles. The van der Waals surface area contributed by atoms with Crippen molar-refractivity contribution >= 4 is 5.97 Å². The van der Waals surface area contributed by atoms with Crippen LogP contribution in [0.2, 0.25) is 0 Å². The van der Waals surface area contributed by atoms with Crippen LogP contribution >= 0.6 is 0 Å². The lowest BCUT2D eigenvalue weighted by Crippen LogP contribution is -2.48. The smallest absolute Gasteiger partial charge is 0.353 e. The molecule has 5 heteroatoms. The van der Waals surface area contributed by atoms with Gasteiger partial charge in [0.15, 0.2) is 0 Å². The van der Waals surface area contributed by atoms with Crippen molar-refractivity contribution < 1.29 is 14.6 Å². The van der Waals surface area contributed by atoms with Gasteiger partial charge in [-0.25, -0.2) is 4.79 Å². The van der Waals surface area contributed by atoms with Crippen LogP contribution in [0.15, 0.2) is 0 Å². The molecule has 0 saturated heterocycles. The molecule has 0 aliphatic heterocycles. The van der Waals surface area contributed by atoms with E-state index in [1.54, 1.807) is 0 Å². The van der Waals surface area contributed by atoms with Gasteiger partial charge in [-0.05, 0) is 13.0 Å². The highest BCUT2D eigenvalue weighted by atomic mass is 16.5. The molecule has 5 nitrogen and oxygen atoms in total. The first-order chi connectivity index (χ1) is 5.04. The van der Waals surface area contributed by atoms with E-state index in [2.05, 4.69) is 4.74 Å². The third kappa shape index (κ3) is 3.31. The SMILES string of the molecule is COC(=O)C(N)(O)CCCN. The largest absolute Gasteiger partial charge is 0.466 e. The molecule has 5 N–H and O–H groups in total. The number of ether oxygens (including phenoxy) is 1. The molecule has 0 aliphatic carbocycles. The zero-order valence-corrected chi connectivity index (χ0v) is 6.54. The molecular weight excluding hydrogens is 148 g/mol.